The molecule has 0 spiro atoms. The van der Waals surface area contributed by atoms with Gasteiger partial charge < -0.3 is 20.1 Å². The first-order chi connectivity index (χ1) is 11.5. The molecule has 0 saturated carbocycles. The number of rotatable bonds is 4. The fraction of sp³-hybridized carbons (Fsp3) is 0.176. The summed E-state index contributed by atoms with van der Waals surface area (Å²) < 4.78 is 10.3. The molecule has 0 aliphatic carbocycles. The topological polar surface area (TPSA) is 76.7 Å². The maximum Gasteiger partial charge on any atom is 0.314 e. The van der Waals surface area contributed by atoms with Crippen LogP contribution in [-0.2, 0) is 9.59 Å². The van der Waals surface area contributed by atoms with Gasteiger partial charge >= 0.3 is 11.8 Å². The molecule has 0 unspecified atom stereocenters. The molecule has 0 bridgehead atoms. The Hall–Kier alpha value is -2.73. The summed E-state index contributed by atoms with van der Waals surface area (Å²) in [5.41, 5.74) is 1.49. The number of carbonyl (C=O) groups is 2. The summed E-state index contributed by atoms with van der Waals surface area (Å²) >= 11 is 6.00. The lowest BCUT2D eigenvalue weighted by molar-refractivity contribution is -0.133. The van der Waals surface area contributed by atoms with Gasteiger partial charge in [-0.25, -0.2) is 0 Å². The number of ether oxygens (including phenoxy) is 2. The quantitative estimate of drug-likeness (QED) is 0.831. The zero-order valence-corrected chi connectivity index (χ0v) is 14.2. The number of carbonyl (C=O) groups excluding carboxylic acids is 2. The van der Waals surface area contributed by atoms with Gasteiger partial charge in [-0.15, -0.1) is 0 Å². The zero-order valence-electron chi connectivity index (χ0n) is 13.5. The molecule has 2 amide bonds. The second-order valence-electron chi connectivity index (χ2n) is 4.89. The van der Waals surface area contributed by atoms with Gasteiger partial charge in [0, 0.05) is 16.8 Å². The minimum Gasteiger partial charge on any atom is -0.497 e. The molecule has 0 radical (unpaired) electrons. The molecule has 0 fully saturated rings. The molecule has 6 nitrogen and oxygen atoms in total. The Balaban J connectivity index is 2.15. The lowest BCUT2D eigenvalue weighted by Gasteiger charge is -2.12. The SMILES string of the molecule is COc1ccc(OC)c(NC(=O)C(=O)Nc2cccc(Cl)c2C)c1. The van der Waals surface area contributed by atoms with Gasteiger partial charge in [0.25, 0.3) is 0 Å². The zero-order chi connectivity index (χ0) is 17.7. The normalized spacial score (nSPS) is 10.0. The average molecular weight is 349 g/mol. The lowest BCUT2D eigenvalue weighted by Crippen LogP contribution is -2.29. The standard InChI is InChI=1S/C17H17ClN2O4/c1-10-12(18)5-4-6-13(10)19-16(21)17(22)20-14-9-11(23-2)7-8-15(14)24-3/h4-9H,1-3H3,(H,19,21)(H,20,22). The van der Waals surface area contributed by atoms with Crippen molar-refractivity contribution >= 4 is 34.8 Å². The summed E-state index contributed by atoms with van der Waals surface area (Å²) in [5, 5.41) is 5.53. The number of hydrogen-bond acceptors (Lipinski definition) is 4. The molecule has 24 heavy (non-hydrogen) atoms. The number of anilines is 2. The van der Waals surface area contributed by atoms with Crippen molar-refractivity contribution in [3.8, 4) is 11.5 Å². The molecule has 0 aliphatic heterocycles. The monoisotopic (exact) mass is 348 g/mol. The highest BCUT2D eigenvalue weighted by Gasteiger charge is 2.17. The highest BCUT2D eigenvalue weighted by atomic mass is 35.5. The van der Waals surface area contributed by atoms with Crippen molar-refractivity contribution in [2.45, 2.75) is 6.92 Å². The van der Waals surface area contributed by atoms with Crippen LogP contribution >= 0.6 is 11.6 Å². The first kappa shape index (κ1) is 17.6. The second-order valence-corrected chi connectivity index (χ2v) is 5.29. The highest BCUT2D eigenvalue weighted by Crippen LogP contribution is 2.29. The molecule has 0 saturated heterocycles. The lowest BCUT2D eigenvalue weighted by atomic mass is 10.2. The van der Waals surface area contributed by atoms with Crippen LogP contribution in [-0.4, -0.2) is 26.0 Å². The fourth-order valence-corrected chi connectivity index (χ4v) is 2.19. The highest BCUT2D eigenvalue weighted by molar-refractivity contribution is 6.44. The van der Waals surface area contributed by atoms with Gasteiger partial charge in [0.05, 0.1) is 19.9 Å². The van der Waals surface area contributed by atoms with Crippen LogP contribution in [0.2, 0.25) is 5.02 Å². The van der Waals surface area contributed by atoms with Crippen molar-refractivity contribution in [2.75, 3.05) is 24.9 Å². The molecule has 2 rings (SSSR count). The van der Waals surface area contributed by atoms with Crippen LogP contribution in [0.4, 0.5) is 11.4 Å². The predicted octanol–water partition coefficient (Wildman–Crippen LogP) is 3.24. The summed E-state index contributed by atoms with van der Waals surface area (Å²) in [7, 11) is 2.97. The van der Waals surface area contributed by atoms with E-state index < -0.39 is 11.8 Å². The van der Waals surface area contributed by atoms with Gasteiger partial charge in [-0.05, 0) is 36.8 Å². The maximum absolute atomic E-state index is 12.1. The Bertz CT molecular complexity index is 777. The van der Waals surface area contributed by atoms with Crippen molar-refractivity contribution in [2.24, 2.45) is 0 Å². The third-order valence-corrected chi connectivity index (χ3v) is 3.79. The van der Waals surface area contributed by atoms with Gasteiger partial charge in [0.2, 0.25) is 0 Å². The number of nitrogens with one attached hydrogen (secondary N) is 2. The smallest absolute Gasteiger partial charge is 0.314 e. The van der Waals surface area contributed by atoms with Crippen molar-refractivity contribution in [3.63, 3.8) is 0 Å². The first-order valence-electron chi connectivity index (χ1n) is 7.05. The number of benzene rings is 2. The molecule has 126 valence electrons. The second kappa shape index (κ2) is 7.70. The van der Waals surface area contributed by atoms with Gasteiger partial charge in [0.15, 0.2) is 0 Å². The summed E-state index contributed by atoms with van der Waals surface area (Å²) in [6.07, 6.45) is 0. The summed E-state index contributed by atoms with van der Waals surface area (Å²) in [4.78, 5) is 24.2. The van der Waals surface area contributed by atoms with Crippen molar-refractivity contribution in [1.82, 2.24) is 0 Å². The molecule has 0 aliphatic rings. The van der Waals surface area contributed by atoms with Crippen molar-refractivity contribution in [1.29, 1.82) is 0 Å². The number of halogens is 1. The molecular formula is C17H17ClN2O4. The van der Waals surface area contributed by atoms with Crippen molar-refractivity contribution in [3.05, 3.63) is 47.0 Å². The van der Waals surface area contributed by atoms with E-state index in [9.17, 15) is 9.59 Å². The molecule has 2 N–H and O–H groups in total. The van der Waals surface area contributed by atoms with E-state index in [0.717, 1.165) is 0 Å². The first-order valence-corrected chi connectivity index (χ1v) is 7.43. The maximum atomic E-state index is 12.1. The molecule has 2 aromatic carbocycles. The Morgan fingerprint density at radius 3 is 2.25 bits per heavy atom. The Morgan fingerprint density at radius 2 is 1.62 bits per heavy atom. The van der Waals surface area contributed by atoms with E-state index in [4.69, 9.17) is 21.1 Å². The van der Waals surface area contributed by atoms with Gasteiger partial charge in [-0.1, -0.05) is 17.7 Å². The summed E-state index contributed by atoms with van der Waals surface area (Å²) in [6, 6.07) is 9.94. The van der Waals surface area contributed by atoms with Crippen LogP contribution in [0.1, 0.15) is 5.56 Å². The van der Waals surface area contributed by atoms with Crippen molar-refractivity contribution < 1.29 is 19.1 Å². The summed E-state index contributed by atoms with van der Waals surface area (Å²) in [6.45, 7) is 1.75. The Labute approximate surface area is 144 Å². The van der Waals surface area contributed by atoms with E-state index in [-0.39, 0.29) is 0 Å². The van der Waals surface area contributed by atoms with E-state index in [1.807, 2.05) is 0 Å². The van der Waals surface area contributed by atoms with E-state index in [1.54, 1.807) is 43.3 Å². The van der Waals surface area contributed by atoms with Crippen LogP contribution in [0.3, 0.4) is 0 Å². The molecular weight excluding hydrogens is 332 g/mol. The molecule has 7 heteroatoms. The van der Waals surface area contributed by atoms with E-state index in [1.165, 1.54) is 14.2 Å². The van der Waals surface area contributed by atoms with Crippen LogP contribution < -0.4 is 20.1 Å². The predicted molar refractivity (Wildman–Crippen MR) is 93.0 cm³/mol. The molecule has 2 aromatic rings. The van der Waals surface area contributed by atoms with Crippen LogP contribution in [0.15, 0.2) is 36.4 Å². The van der Waals surface area contributed by atoms with E-state index >= 15 is 0 Å². The molecule has 0 heterocycles. The Kier molecular flexibility index (Phi) is 5.65. The van der Waals surface area contributed by atoms with Gasteiger partial charge in [-0.3, -0.25) is 9.59 Å². The average Bonchev–Trinajstić information content (AvgIpc) is 2.58. The van der Waals surface area contributed by atoms with Crippen LogP contribution in [0.25, 0.3) is 0 Å². The van der Waals surface area contributed by atoms with E-state index in [2.05, 4.69) is 10.6 Å². The fourth-order valence-electron chi connectivity index (χ4n) is 2.01. The van der Waals surface area contributed by atoms with Gasteiger partial charge in [0.1, 0.15) is 11.5 Å². The molecule has 0 aromatic heterocycles. The van der Waals surface area contributed by atoms with E-state index in [0.29, 0.717) is 33.5 Å². The largest absolute Gasteiger partial charge is 0.497 e. The Morgan fingerprint density at radius 1 is 0.958 bits per heavy atom. The number of methoxy groups -OCH3 is 2. The van der Waals surface area contributed by atoms with Crippen LogP contribution in [0.5, 0.6) is 11.5 Å². The molecule has 0 atom stereocenters. The van der Waals surface area contributed by atoms with Gasteiger partial charge in [-0.2, -0.15) is 0 Å². The minimum atomic E-state index is -0.832. The van der Waals surface area contributed by atoms with Crippen LogP contribution in [0, 0.1) is 6.92 Å². The third-order valence-electron chi connectivity index (χ3n) is 3.38. The number of amides is 2. The third kappa shape index (κ3) is 3.97. The minimum absolute atomic E-state index is 0.333. The summed E-state index contributed by atoms with van der Waals surface area (Å²) in [5.74, 6) is -0.709. The number of hydrogen-bond donors (Lipinski definition) is 2.